The van der Waals surface area contributed by atoms with E-state index in [-0.39, 0.29) is 0 Å². The second-order valence-corrected chi connectivity index (χ2v) is 5.94. The van der Waals surface area contributed by atoms with E-state index < -0.39 is 0 Å². The van der Waals surface area contributed by atoms with Crippen LogP contribution in [0.5, 0.6) is 5.75 Å². The minimum absolute atomic E-state index is 0.642. The molecule has 112 valence electrons. The van der Waals surface area contributed by atoms with Gasteiger partial charge < -0.3 is 9.15 Å². The van der Waals surface area contributed by atoms with Crippen LogP contribution in [0.25, 0.3) is 11.5 Å². The zero-order chi connectivity index (χ0) is 15.4. The molecule has 0 unspecified atom stereocenters. The van der Waals surface area contributed by atoms with Gasteiger partial charge in [-0.15, -0.1) is 11.8 Å². The van der Waals surface area contributed by atoms with Crippen molar-refractivity contribution in [2.75, 3.05) is 7.11 Å². The Hall–Kier alpha value is -2.20. The van der Waals surface area contributed by atoms with Crippen molar-refractivity contribution in [3.05, 3.63) is 66.1 Å². The van der Waals surface area contributed by atoms with Gasteiger partial charge in [-0.2, -0.15) is 0 Å². The second-order valence-electron chi connectivity index (χ2n) is 4.93. The Morgan fingerprint density at radius 2 is 1.86 bits per heavy atom. The molecule has 0 N–H and O–H groups in total. The molecule has 0 saturated heterocycles. The lowest BCUT2D eigenvalue weighted by atomic mass is 10.2. The summed E-state index contributed by atoms with van der Waals surface area (Å²) >= 11 is 1.77. The number of ether oxygens (including phenoxy) is 1. The number of nitrogens with zero attached hydrogens (tertiary/aromatic N) is 1. The van der Waals surface area contributed by atoms with Gasteiger partial charge >= 0.3 is 0 Å². The molecular formula is C18H17NO2S. The zero-order valence-electron chi connectivity index (χ0n) is 12.6. The van der Waals surface area contributed by atoms with E-state index in [1.54, 1.807) is 25.1 Å². The number of thioether (sulfide) groups is 1. The molecule has 0 aliphatic heterocycles. The van der Waals surface area contributed by atoms with Crippen molar-refractivity contribution >= 4 is 11.8 Å². The van der Waals surface area contributed by atoms with Crippen molar-refractivity contribution in [3.8, 4) is 17.2 Å². The van der Waals surface area contributed by atoms with Crippen LogP contribution in [0.3, 0.4) is 0 Å². The number of aryl methyl sites for hydroxylation is 1. The van der Waals surface area contributed by atoms with Gasteiger partial charge in [0, 0.05) is 16.2 Å². The zero-order valence-corrected chi connectivity index (χ0v) is 13.4. The largest absolute Gasteiger partial charge is 0.497 e. The van der Waals surface area contributed by atoms with Gasteiger partial charge in [0.15, 0.2) is 0 Å². The molecule has 0 spiro atoms. The number of methoxy groups -OCH3 is 1. The summed E-state index contributed by atoms with van der Waals surface area (Å²) in [6, 6.07) is 16.1. The van der Waals surface area contributed by atoms with E-state index in [1.165, 1.54) is 10.5 Å². The number of hydrogen-bond donors (Lipinski definition) is 0. The molecule has 0 saturated carbocycles. The Labute approximate surface area is 134 Å². The van der Waals surface area contributed by atoms with E-state index in [4.69, 9.17) is 9.15 Å². The van der Waals surface area contributed by atoms with Crippen molar-refractivity contribution in [1.29, 1.82) is 0 Å². The van der Waals surface area contributed by atoms with E-state index in [9.17, 15) is 0 Å². The van der Waals surface area contributed by atoms with Gasteiger partial charge in [-0.25, -0.2) is 4.98 Å². The van der Waals surface area contributed by atoms with Gasteiger partial charge in [0.25, 0.3) is 0 Å². The molecule has 0 radical (unpaired) electrons. The van der Waals surface area contributed by atoms with Crippen LogP contribution < -0.4 is 4.74 Å². The molecule has 3 aromatic rings. The van der Waals surface area contributed by atoms with E-state index >= 15 is 0 Å². The Bertz CT molecular complexity index is 750. The van der Waals surface area contributed by atoms with Gasteiger partial charge in [-0.1, -0.05) is 18.2 Å². The Morgan fingerprint density at radius 3 is 2.59 bits per heavy atom. The fourth-order valence-corrected chi connectivity index (χ4v) is 3.02. The maximum Gasteiger partial charge on any atom is 0.226 e. The topological polar surface area (TPSA) is 35.3 Å². The lowest BCUT2D eigenvalue weighted by molar-refractivity contribution is 0.415. The van der Waals surface area contributed by atoms with Crippen LogP contribution in [-0.4, -0.2) is 12.1 Å². The summed E-state index contributed by atoms with van der Waals surface area (Å²) in [5.41, 5.74) is 3.18. The first-order chi connectivity index (χ1) is 10.8. The molecule has 0 aliphatic carbocycles. The van der Waals surface area contributed by atoms with Crippen LogP contribution >= 0.6 is 11.8 Å². The summed E-state index contributed by atoms with van der Waals surface area (Å²) in [6.07, 6.45) is 1.73. The van der Waals surface area contributed by atoms with E-state index in [0.29, 0.717) is 5.89 Å². The van der Waals surface area contributed by atoms with Gasteiger partial charge in [0.2, 0.25) is 5.89 Å². The number of aromatic nitrogens is 1. The van der Waals surface area contributed by atoms with Crippen molar-refractivity contribution in [1.82, 2.24) is 4.98 Å². The van der Waals surface area contributed by atoms with Gasteiger partial charge in [0.1, 0.15) is 12.0 Å². The van der Waals surface area contributed by atoms with E-state index in [0.717, 1.165) is 22.8 Å². The molecule has 3 rings (SSSR count). The fraction of sp³-hybridized carbons (Fsp3) is 0.167. The van der Waals surface area contributed by atoms with Crippen molar-refractivity contribution in [2.24, 2.45) is 0 Å². The number of hydrogen-bond acceptors (Lipinski definition) is 4. The summed E-state index contributed by atoms with van der Waals surface area (Å²) in [5.74, 6) is 2.26. The molecule has 0 bridgehead atoms. The summed E-state index contributed by atoms with van der Waals surface area (Å²) in [4.78, 5) is 5.83. The van der Waals surface area contributed by atoms with Gasteiger partial charge in [0.05, 0.1) is 12.8 Å². The SMILES string of the molecule is COc1ccc(-c2nc(CSc3ccccc3C)co2)cc1. The Morgan fingerprint density at radius 1 is 1.09 bits per heavy atom. The smallest absolute Gasteiger partial charge is 0.226 e. The molecular weight excluding hydrogens is 294 g/mol. The monoisotopic (exact) mass is 311 g/mol. The average molecular weight is 311 g/mol. The summed E-state index contributed by atoms with van der Waals surface area (Å²) in [6.45, 7) is 2.12. The van der Waals surface area contributed by atoms with Crippen LogP contribution in [0.2, 0.25) is 0 Å². The third-order valence-electron chi connectivity index (χ3n) is 3.36. The Balaban J connectivity index is 1.69. The van der Waals surface area contributed by atoms with Crippen LogP contribution in [-0.2, 0) is 5.75 Å². The quantitative estimate of drug-likeness (QED) is 0.624. The molecule has 1 heterocycles. The molecule has 0 fully saturated rings. The molecule has 0 aliphatic rings. The van der Waals surface area contributed by atoms with Gasteiger partial charge in [-0.05, 0) is 42.8 Å². The summed E-state index contributed by atoms with van der Waals surface area (Å²) in [5, 5.41) is 0. The van der Waals surface area contributed by atoms with Crippen LogP contribution in [0.1, 0.15) is 11.3 Å². The van der Waals surface area contributed by atoms with E-state index in [2.05, 4.69) is 36.2 Å². The molecule has 22 heavy (non-hydrogen) atoms. The first-order valence-corrected chi connectivity index (χ1v) is 8.02. The Kier molecular flexibility index (Phi) is 4.49. The van der Waals surface area contributed by atoms with Crippen molar-refractivity contribution in [3.63, 3.8) is 0 Å². The highest BCUT2D eigenvalue weighted by molar-refractivity contribution is 7.98. The predicted octanol–water partition coefficient (Wildman–Crippen LogP) is 4.95. The molecule has 4 heteroatoms. The third-order valence-corrected chi connectivity index (χ3v) is 4.57. The molecule has 0 amide bonds. The minimum atomic E-state index is 0.642. The number of benzene rings is 2. The highest BCUT2D eigenvalue weighted by Crippen LogP contribution is 2.27. The first kappa shape index (κ1) is 14.7. The highest BCUT2D eigenvalue weighted by atomic mass is 32.2. The van der Waals surface area contributed by atoms with Crippen LogP contribution in [0.15, 0.2) is 64.1 Å². The maximum absolute atomic E-state index is 5.58. The lowest BCUT2D eigenvalue weighted by Crippen LogP contribution is -1.85. The van der Waals surface area contributed by atoms with E-state index in [1.807, 2.05) is 24.3 Å². The maximum atomic E-state index is 5.58. The molecule has 2 aromatic carbocycles. The normalized spacial score (nSPS) is 10.6. The van der Waals surface area contributed by atoms with Gasteiger partial charge in [-0.3, -0.25) is 0 Å². The summed E-state index contributed by atoms with van der Waals surface area (Å²) in [7, 11) is 1.65. The van der Waals surface area contributed by atoms with Crippen molar-refractivity contribution < 1.29 is 9.15 Å². The first-order valence-electron chi connectivity index (χ1n) is 7.03. The lowest BCUT2D eigenvalue weighted by Gasteiger charge is -2.02. The van der Waals surface area contributed by atoms with Crippen LogP contribution in [0, 0.1) is 6.92 Å². The average Bonchev–Trinajstić information content (AvgIpc) is 3.03. The summed E-state index contributed by atoms with van der Waals surface area (Å²) < 4.78 is 10.7. The van der Waals surface area contributed by atoms with Crippen molar-refractivity contribution in [2.45, 2.75) is 17.6 Å². The number of rotatable bonds is 5. The minimum Gasteiger partial charge on any atom is -0.497 e. The highest BCUT2D eigenvalue weighted by Gasteiger charge is 2.08. The number of oxazole rings is 1. The fourth-order valence-electron chi connectivity index (χ4n) is 2.11. The van der Waals surface area contributed by atoms with Crippen LogP contribution in [0.4, 0.5) is 0 Å². The molecule has 0 atom stereocenters. The standard InChI is InChI=1S/C18H17NO2S/c1-13-5-3-4-6-17(13)22-12-15-11-21-18(19-15)14-7-9-16(20-2)10-8-14/h3-11H,12H2,1-2H3. The predicted molar refractivity (Wildman–Crippen MR) is 89.2 cm³/mol. The second kappa shape index (κ2) is 6.71. The molecule has 1 aromatic heterocycles. The molecule has 3 nitrogen and oxygen atoms in total. The third kappa shape index (κ3) is 3.34.